The van der Waals surface area contributed by atoms with Crippen LogP contribution in [-0.2, 0) is 0 Å². The van der Waals surface area contributed by atoms with Gasteiger partial charge < -0.3 is 10.2 Å². The molecule has 21 heavy (non-hydrogen) atoms. The summed E-state index contributed by atoms with van der Waals surface area (Å²) in [6.07, 6.45) is 5.28. The van der Waals surface area contributed by atoms with Crippen molar-refractivity contribution in [3.8, 4) is 0 Å². The quantitative estimate of drug-likeness (QED) is 0.874. The van der Waals surface area contributed by atoms with E-state index in [9.17, 15) is 4.39 Å². The lowest BCUT2D eigenvalue weighted by Crippen LogP contribution is -2.42. The van der Waals surface area contributed by atoms with Crippen molar-refractivity contribution in [1.82, 2.24) is 10.2 Å². The van der Waals surface area contributed by atoms with Gasteiger partial charge >= 0.3 is 0 Å². The molecule has 4 heteroatoms. The summed E-state index contributed by atoms with van der Waals surface area (Å²) < 4.78 is 14.8. The molecular formula is C17H24BrFN2. The van der Waals surface area contributed by atoms with E-state index in [-0.39, 0.29) is 11.9 Å². The van der Waals surface area contributed by atoms with Crippen molar-refractivity contribution < 1.29 is 4.39 Å². The Labute approximate surface area is 135 Å². The molecule has 2 bridgehead atoms. The summed E-state index contributed by atoms with van der Waals surface area (Å²) in [4.78, 5) is 2.56. The summed E-state index contributed by atoms with van der Waals surface area (Å²) in [5.74, 6) is 0.609. The molecule has 2 aliphatic heterocycles. The van der Waals surface area contributed by atoms with Gasteiger partial charge in [-0.15, -0.1) is 0 Å². The van der Waals surface area contributed by atoms with Gasteiger partial charge in [-0.1, -0.05) is 15.9 Å². The number of rotatable bonds is 4. The van der Waals surface area contributed by atoms with Gasteiger partial charge in [-0.05, 0) is 70.3 Å². The number of hydrogen-bond acceptors (Lipinski definition) is 2. The van der Waals surface area contributed by atoms with Gasteiger partial charge in [-0.3, -0.25) is 0 Å². The molecule has 2 aliphatic rings. The monoisotopic (exact) mass is 354 g/mol. The van der Waals surface area contributed by atoms with E-state index in [2.05, 4.69) is 40.1 Å². The van der Waals surface area contributed by atoms with Crippen LogP contribution < -0.4 is 5.32 Å². The molecule has 3 unspecified atom stereocenters. The first-order valence-corrected chi connectivity index (χ1v) is 8.74. The van der Waals surface area contributed by atoms with Crippen LogP contribution in [0.25, 0.3) is 0 Å². The van der Waals surface area contributed by atoms with Crippen molar-refractivity contribution in [2.45, 2.75) is 50.7 Å². The van der Waals surface area contributed by atoms with E-state index in [1.807, 2.05) is 6.07 Å². The summed E-state index contributed by atoms with van der Waals surface area (Å²) in [6.45, 7) is 3.04. The van der Waals surface area contributed by atoms with Gasteiger partial charge in [0.1, 0.15) is 5.82 Å². The molecule has 0 aliphatic carbocycles. The van der Waals surface area contributed by atoms with Crippen LogP contribution in [0, 0.1) is 11.7 Å². The smallest absolute Gasteiger partial charge is 0.128 e. The molecule has 3 rings (SSSR count). The third kappa shape index (κ3) is 3.33. The summed E-state index contributed by atoms with van der Waals surface area (Å²) in [5, 5.41) is 3.54. The Bertz CT molecular complexity index is 494. The van der Waals surface area contributed by atoms with Gasteiger partial charge in [0.15, 0.2) is 0 Å². The molecule has 0 radical (unpaired) electrons. The van der Waals surface area contributed by atoms with E-state index in [4.69, 9.17) is 0 Å². The van der Waals surface area contributed by atoms with Crippen LogP contribution in [-0.4, -0.2) is 30.6 Å². The zero-order chi connectivity index (χ0) is 15.0. The summed E-state index contributed by atoms with van der Waals surface area (Å²) in [5.41, 5.74) is 0.750. The number of halogens is 2. The molecule has 0 amide bonds. The number of fused-ring (bicyclic) bond motifs is 2. The second kappa shape index (κ2) is 6.35. The number of nitrogens with one attached hydrogen (secondary N) is 1. The summed E-state index contributed by atoms with van der Waals surface area (Å²) >= 11 is 3.42. The minimum atomic E-state index is -0.123. The molecule has 1 aromatic rings. The standard InChI is InChI=1S/C17H24BrFN2/c1-11(16-9-13(18)3-6-17(16)19)20-10-12-7-14-4-5-15(8-12)21(14)2/h3,6,9,11-12,14-15,20H,4-5,7-8,10H2,1-2H3. The number of nitrogens with zero attached hydrogens (tertiary/aromatic N) is 1. The largest absolute Gasteiger partial charge is 0.310 e. The highest BCUT2D eigenvalue weighted by atomic mass is 79.9. The Balaban J connectivity index is 1.57. The number of piperidine rings is 1. The fraction of sp³-hybridized carbons (Fsp3) is 0.647. The third-order valence-electron chi connectivity index (χ3n) is 5.33. The van der Waals surface area contributed by atoms with Gasteiger partial charge in [-0.2, -0.15) is 0 Å². The normalized spacial score (nSPS) is 30.6. The van der Waals surface area contributed by atoms with Gasteiger partial charge in [0.05, 0.1) is 0 Å². The molecule has 2 nitrogen and oxygen atoms in total. The number of hydrogen-bond donors (Lipinski definition) is 1. The minimum Gasteiger partial charge on any atom is -0.310 e. The van der Waals surface area contributed by atoms with E-state index in [1.54, 1.807) is 6.07 Å². The van der Waals surface area contributed by atoms with Crippen molar-refractivity contribution in [2.75, 3.05) is 13.6 Å². The van der Waals surface area contributed by atoms with Gasteiger partial charge in [0.25, 0.3) is 0 Å². The lowest BCUT2D eigenvalue weighted by Gasteiger charge is -2.36. The molecule has 2 fully saturated rings. The Morgan fingerprint density at radius 1 is 1.33 bits per heavy atom. The highest BCUT2D eigenvalue weighted by Crippen LogP contribution is 2.37. The zero-order valence-corrected chi connectivity index (χ0v) is 14.4. The average molecular weight is 355 g/mol. The topological polar surface area (TPSA) is 15.3 Å². The average Bonchev–Trinajstić information content (AvgIpc) is 2.69. The fourth-order valence-electron chi connectivity index (χ4n) is 3.99. The lowest BCUT2D eigenvalue weighted by atomic mass is 9.90. The van der Waals surface area contributed by atoms with Crippen molar-refractivity contribution in [3.05, 3.63) is 34.1 Å². The van der Waals surface area contributed by atoms with Gasteiger partial charge in [0, 0.05) is 28.2 Å². The fourth-order valence-corrected chi connectivity index (χ4v) is 4.37. The van der Waals surface area contributed by atoms with E-state index < -0.39 is 0 Å². The first-order chi connectivity index (χ1) is 10.0. The lowest BCUT2D eigenvalue weighted by molar-refractivity contribution is 0.131. The van der Waals surface area contributed by atoms with Crippen LogP contribution in [0.3, 0.4) is 0 Å². The van der Waals surface area contributed by atoms with Crippen molar-refractivity contribution in [2.24, 2.45) is 5.92 Å². The molecule has 0 saturated carbocycles. The molecule has 2 heterocycles. The van der Waals surface area contributed by atoms with Crippen molar-refractivity contribution >= 4 is 15.9 Å². The van der Waals surface area contributed by atoms with E-state index >= 15 is 0 Å². The SMILES string of the molecule is CC(NCC1CC2CCC(C1)N2C)c1cc(Br)ccc1F. The first kappa shape index (κ1) is 15.4. The second-order valence-corrected chi connectivity index (χ2v) is 7.60. The summed E-state index contributed by atoms with van der Waals surface area (Å²) in [6, 6.07) is 6.76. The molecule has 1 N–H and O–H groups in total. The van der Waals surface area contributed by atoms with E-state index in [1.165, 1.54) is 31.7 Å². The third-order valence-corrected chi connectivity index (χ3v) is 5.83. The molecule has 0 spiro atoms. The van der Waals surface area contributed by atoms with Crippen LogP contribution in [0.5, 0.6) is 0 Å². The van der Waals surface area contributed by atoms with Crippen LogP contribution >= 0.6 is 15.9 Å². The Morgan fingerprint density at radius 3 is 2.67 bits per heavy atom. The molecule has 1 aromatic carbocycles. The van der Waals surface area contributed by atoms with Gasteiger partial charge in [-0.25, -0.2) is 4.39 Å². The summed E-state index contributed by atoms with van der Waals surface area (Å²) in [7, 11) is 2.27. The van der Waals surface area contributed by atoms with Crippen LogP contribution in [0.15, 0.2) is 22.7 Å². The first-order valence-electron chi connectivity index (χ1n) is 7.95. The minimum absolute atomic E-state index is 0.0554. The zero-order valence-electron chi connectivity index (χ0n) is 12.8. The molecule has 116 valence electrons. The highest BCUT2D eigenvalue weighted by Gasteiger charge is 2.38. The van der Waals surface area contributed by atoms with Crippen LogP contribution in [0.1, 0.15) is 44.2 Å². The second-order valence-electron chi connectivity index (χ2n) is 6.68. The van der Waals surface area contributed by atoms with Crippen LogP contribution in [0.2, 0.25) is 0 Å². The van der Waals surface area contributed by atoms with E-state index in [0.717, 1.165) is 34.6 Å². The predicted octanol–water partition coefficient (Wildman–Crippen LogP) is 4.11. The Hall–Kier alpha value is -0.450. The maximum atomic E-state index is 13.9. The van der Waals surface area contributed by atoms with Crippen LogP contribution in [0.4, 0.5) is 4.39 Å². The Morgan fingerprint density at radius 2 is 2.00 bits per heavy atom. The molecule has 3 atom stereocenters. The number of benzene rings is 1. The van der Waals surface area contributed by atoms with Gasteiger partial charge in [0.2, 0.25) is 0 Å². The van der Waals surface area contributed by atoms with E-state index in [0.29, 0.717) is 0 Å². The highest BCUT2D eigenvalue weighted by molar-refractivity contribution is 9.10. The Kier molecular flexibility index (Phi) is 4.67. The van der Waals surface area contributed by atoms with Crippen molar-refractivity contribution in [3.63, 3.8) is 0 Å². The molecule has 0 aromatic heterocycles. The maximum Gasteiger partial charge on any atom is 0.128 e. The molecular weight excluding hydrogens is 331 g/mol. The molecule has 2 saturated heterocycles. The predicted molar refractivity (Wildman–Crippen MR) is 87.8 cm³/mol. The van der Waals surface area contributed by atoms with Crippen molar-refractivity contribution in [1.29, 1.82) is 0 Å². The maximum absolute atomic E-state index is 13.9.